The lowest BCUT2D eigenvalue weighted by Gasteiger charge is -2.22. The SMILES string of the molecule is Cc1c(-c2ccc(CN(F)C3Cc4ccccc4C3O)cc2)ccc2[nH]cnc12. The van der Waals surface area contributed by atoms with Gasteiger partial charge in [-0.2, -0.15) is 0 Å². The maximum atomic E-state index is 14.9. The van der Waals surface area contributed by atoms with Gasteiger partial charge in [-0.1, -0.05) is 54.6 Å². The van der Waals surface area contributed by atoms with Crippen molar-refractivity contribution >= 4 is 11.0 Å². The fraction of sp³-hybridized carbons (Fsp3) is 0.208. The van der Waals surface area contributed by atoms with Crippen LogP contribution in [0.4, 0.5) is 4.48 Å². The second-order valence-electron chi connectivity index (χ2n) is 7.71. The molecule has 5 rings (SSSR count). The molecule has 0 fully saturated rings. The molecule has 0 bridgehead atoms. The van der Waals surface area contributed by atoms with Gasteiger partial charge < -0.3 is 10.1 Å². The van der Waals surface area contributed by atoms with Crippen LogP contribution in [0.25, 0.3) is 22.2 Å². The highest BCUT2D eigenvalue weighted by Crippen LogP contribution is 2.35. The lowest BCUT2D eigenvalue weighted by molar-refractivity contribution is -0.0742. The fourth-order valence-corrected chi connectivity index (χ4v) is 4.35. The van der Waals surface area contributed by atoms with E-state index in [9.17, 15) is 9.59 Å². The number of aromatic nitrogens is 2. The summed E-state index contributed by atoms with van der Waals surface area (Å²) in [6.07, 6.45) is 1.43. The molecule has 0 aliphatic heterocycles. The number of aromatic amines is 1. The first-order valence-corrected chi connectivity index (χ1v) is 9.82. The van der Waals surface area contributed by atoms with E-state index in [1.807, 2.05) is 54.6 Å². The van der Waals surface area contributed by atoms with Crippen molar-refractivity contribution in [3.63, 3.8) is 0 Å². The summed E-state index contributed by atoms with van der Waals surface area (Å²) in [6, 6.07) is 19.1. The summed E-state index contributed by atoms with van der Waals surface area (Å²) in [6.45, 7) is 2.21. The van der Waals surface area contributed by atoms with Crippen LogP contribution in [0.5, 0.6) is 0 Å². The molecule has 1 aliphatic rings. The third kappa shape index (κ3) is 3.12. The Hall–Kier alpha value is -3.02. The molecule has 2 atom stereocenters. The number of halogens is 1. The van der Waals surface area contributed by atoms with Gasteiger partial charge in [-0.25, -0.2) is 4.98 Å². The zero-order chi connectivity index (χ0) is 20.0. The summed E-state index contributed by atoms with van der Waals surface area (Å²) >= 11 is 0. The van der Waals surface area contributed by atoms with Crippen LogP contribution in [0.3, 0.4) is 0 Å². The summed E-state index contributed by atoms with van der Waals surface area (Å²) in [7, 11) is 0. The predicted octanol–water partition coefficient (Wildman–Crippen LogP) is 4.88. The minimum atomic E-state index is -0.793. The third-order valence-electron chi connectivity index (χ3n) is 5.97. The second kappa shape index (κ2) is 7.10. The summed E-state index contributed by atoms with van der Waals surface area (Å²) in [5, 5.41) is 11.3. The second-order valence-corrected chi connectivity index (χ2v) is 7.71. The van der Waals surface area contributed by atoms with Crippen molar-refractivity contribution in [3.8, 4) is 11.1 Å². The van der Waals surface area contributed by atoms with Crippen LogP contribution in [0.15, 0.2) is 67.0 Å². The van der Waals surface area contributed by atoms with Crippen LogP contribution in [-0.4, -0.2) is 26.2 Å². The Balaban J connectivity index is 1.34. The molecule has 1 aliphatic carbocycles. The fourth-order valence-electron chi connectivity index (χ4n) is 4.35. The molecule has 3 aromatic carbocycles. The zero-order valence-corrected chi connectivity index (χ0v) is 16.1. The first-order valence-electron chi connectivity index (χ1n) is 9.82. The number of rotatable bonds is 4. The lowest BCUT2D eigenvalue weighted by atomic mass is 9.98. The first-order chi connectivity index (χ1) is 14.1. The molecule has 0 amide bonds. The number of aliphatic hydroxyl groups is 1. The van der Waals surface area contributed by atoms with Crippen LogP contribution < -0.4 is 0 Å². The van der Waals surface area contributed by atoms with Gasteiger partial charge in [0, 0.05) is 0 Å². The molecular weight excluding hydrogens is 365 g/mol. The number of nitrogens with zero attached hydrogens (tertiary/aromatic N) is 2. The van der Waals surface area contributed by atoms with Gasteiger partial charge in [0.15, 0.2) is 0 Å². The minimum Gasteiger partial charge on any atom is -0.387 e. The molecule has 0 saturated carbocycles. The average Bonchev–Trinajstić information content (AvgIpc) is 3.35. The van der Waals surface area contributed by atoms with E-state index in [2.05, 4.69) is 23.0 Å². The number of nitrogens with one attached hydrogen (secondary N) is 1. The smallest absolute Gasteiger partial charge is 0.0977 e. The number of H-pyrrole nitrogens is 1. The molecular formula is C24H22FN3O. The monoisotopic (exact) mass is 387 g/mol. The van der Waals surface area contributed by atoms with Crippen molar-refractivity contribution in [2.45, 2.75) is 32.0 Å². The maximum Gasteiger partial charge on any atom is 0.0977 e. The summed E-state index contributed by atoms with van der Waals surface area (Å²) in [5.74, 6) is 0. The highest BCUT2D eigenvalue weighted by atomic mass is 19.2. The third-order valence-corrected chi connectivity index (χ3v) is 5.97. The van der Waals surface area contributed by atoms with Gasteiger partial charge in [-0.3, -0.25) is 0 Å². The van der Waals surface area contributed by atoms with Crippen LogP contribution in [0.1, 0.15) is 28.4 Å². The van der Waals surface area contributed by atoms with Crippen LogP contribution in [-0.2, 0) is 13.0 Å². The molecule has 5 heteroatoms. The minimum absolute atomic E-state index is 0.146. The molecule has 0 saturated heterocycles. The van der Waals surface area contributed by atoms with E-state index >= 15 is 0 Å². The Morgan fingerprint density at radius 1 is 1.10 bits per heavy atom. The highest BCUT2D eigenvalue weighted by Gasteiger charge is 2.35. The van der Waals surface area contributed by atoms with Crippen molar-refractivity contribution < 1.29 is 9.59 Å². The number of imidazole rings is 1. The average molecular weight is 387 g/mol. The Bertz CT molecular complexity index is 1170. The van der Waals surface area contributed by atoms with Gasteiger partial charge in [0.25, 0.3) is 0 Å². The zero-order valence-electron chi connectivity index (χ0n) is 16.1. The summed E-state index contributed by atoms with van der Waals surface area (Å²) in [4.78, 5) is 7.52. The standard InChI is InChI=1S/C24H22FN3O/c1-15-19(10-11-21-23(15)27-14-26-21)17-8-6-16(7-9-17)13-28(25)22-12-18-4-2-3-5-20(18)24(22)29/h2-11,14,22,24,29H,12-13H2,1H3,(H,26,27). The van der Waals surface area contributed by atoms with E-state index in [4.69, 9.17) is 0 Å². The van der Waals surface area contributed by atoms with Crippen molar-refractivity contribution in [2.24, 2.45) is 0 Å². The molecule has 1 heterocycles. The molecule has 1 aromatic heterocycles. The van der Waals surface area contributed by atoms with E-state index < -0.39 is 12.1 Å². The van der Waals surface area contributed by atoms with E-state index in [0.717, 1.165) is 49.5 Å². The number of aliphatic hydroxyl groups excluding tert-OH is 1. The van der Waals surface area contributed by atoms with Gasteiger partial charge >= 0.3 is 0 Å². The summed E-state index contributed by atoms with van der Waals surface area (Å²) in [5.41, 5.74) is 8.04. The normalized spacial score (nSPS) is 18.5. The van der Waals surface area contributed by atoms with E-state index in [1.165, 1.54) is 0 Å². The molecule has 4 nitrogen and oxygen atoms in total. The number of fused-ring (bicyclic) bond motifs is 2. The number of aryl methyl sites for hydroxylation is 1. The van der Waals surface area contributed by atoms with Gasteiger partial charge in [0.1, 0.15) is 0 Å². The lowest BCUT2D eigenvalue weighted by Crippen LogP contribution is -2.31. The van der Waals surface area contributed by atoms with Gasteiger partial charge in [0.05, 0.1) is 36.1 Å². The quantitative estimate of drug-likeness (QED) is 0.491. The molecule has 29 heavy (non-hydrogen) atoms. The van der Waals surface area contributed by atoms with Gasteiger partial charge in [-0.15, -0.1) is 9.60 Å². The molecule has 0 spiro atoms. The van der Waals surface area contributed by atoms with Gasteiger partial charge in [0.2, 0.25) is 0 Å². The van der Waals surface area contributed by atoms with Crippen molar-refractivity contribution in [1.82, 2.24) is 15.1 Å². The van der Waals surface area contributed by atoms with Crippen LogP contribution in [0.2, 0.25) is 0 Å². The topological polar surface area (TPSA) is 52.1 Å². The number of hydrogen-bond donors (Lipinski definition) is 2. The van der Waals surface area contributed by atoms with Crippen molar-refractivity contribution in [2.75, 3.05) is 0 Å². The van der Waals surface area contributed by atoms with E-state index in [-0.39, 0.29) is 6.54 Å². The van der Waals surface area contributed by atoms with Crippen molar-refractivity contribution in [1.29, 1.82) is 0 Å². The number of benzene rings is 3. The Morgan fingerprint density at radius 3 is 2.69 bits per heavy atom. The van der Waals surface area contributed by atoms with E-state index in [1.54, 1.807) is 6.33 Å². The summed E-state index contributed by atoms with van der Waals surface area (Å²) < 4.78 is 14.9. The Kier molecular flexibility index (Phi) is 4.42. The van der Waals surface area contributed by atoms with Crippen molar-refractivity contribution in [3.05, 3.63) is 89.2 Å². The van der Waals surface area contributed by atoms with Crippen LogP contribution >= 0.6 is 0 Å². The Morgan fingerprint density at radius 2 is 1.90 bits per heavy atom. The largest absolute Gasteiger partial charge is 0.387 e. The molecule has 2 unspecified atom stereocenters. The number of hydrogen-bond acceptors (Lipinski definition) is 3. The Labute approximate surface area is 168 Å². The highest BCUT2D eigenvalue weighted by molar-refractivity contribution is 5.86. The van der Waals surface area contributed by atoms with Gasteiger partial charge in [-0.05, 0) is 52.8 Å². The predicted molar refractivity (Wildman–Crippen MR) is 112 cm³/mol. The molecule has 0 radical (unpaired) electrons. The molecule has 146 valence electrons. The van der Waals surface area contributed by atoms with E-state index in [0.29, 0.717) is 6.42 Å². The molecule has 2 N–H and O–H groups in total. The van der Waals surface area contributed by atoms with Crippen LogP contribution in [0, 0.1) is 6.92 Å². The molecule has 4 aromatic rings. The maximum absolute atomic E-state index is 14.9. The first kappa shape index (κ1) is 18.0.